The second-order valence-electron chi connectivity index (χ2n) is 5.70. The van der Waals surface area contributed by atoms with E-state index in [9.17, 15) is 12.8 Å². The molecule has 21 heavy (non-hydrogen) atoms. The number of hydrogen-bond acceptors (Lipinski definition) is 3. The Morgan fingerprint density at radius 1 is 1.48 bits per heavy atom. The summed E-state index contributed by atoms with van der Waals surface area (Å²) in [6.45, 7) is 2.80. The standard InChI is InChI=1S/C15H21BrFNO2S/c1-2-18-14(7-11-5-6-21(19,20)10-11)9-12-8-13(16)3-4-15(12)17/h3-4,8,11,14,18H,2,5-7,9-10H2,1H3. The van der Waals surface area contributed by atoms with Gasteiger partial charge in [-0.3, -0.25) is 0 Å². The van der Waals surface area contributed by atoms with Crippen LogP contribution in [0.3, 0.4) is 0 Å². The first-order chi connectivity index (χ1) is 9.89. The lowest BCUT2D eigenvalue weighted by Gasteiger charge is -2.21. The molecule has 1 aliphatic heterocycles. The molecule has 6 heteroatoms. The van der Waals surface area contributed by atoms with Gasteiger partial charge < -0.3 is 5.32 Å². The Kier molecular flexibility index (Phi) is 5.80. The normalized spacial score (nSPS) is 22.3. The molecule has 1 fully saturated rings. The molecule has 118 valence electrons. The summed E-state index contributed by atoms with van der Waals surface area (Å²) in [5.41, 5.74) is 0.663. The van der Waals surface area contributed by atoms with E-state index in [1.807, 2.05) is 6.92 Å². The van der Waals surface area contributed by atoms with Gasteiger partial charge in [0.05, 0.1) is 11.5 Å². The second kappa shape index (κ2) is 7.20. The van der Waals surface area contributed by atoms with Gasteiger partial charge in [-0.15, -0.1) is 0 Å². The molecule has 1 heterocycles. The highest BCUT2D eigenvalue weighted by molar-refractivity contribution is 9.10. The van der Waals surface area contributed by atoms with Crippen LogP contribution < -0.4 is 5.32 Å². The van der Waals surface area contributed by atoms with E-state index in [4.69, 9.17) is 0 Å². The quantitative estimate of drug-likeness (QED) is 0.828. The maximum Gasteiger partial charge on any atom is 0.150 e. The first-order valence-electron chi connectivity index (χ1n) is 7.27. The van der Waals surface area contributed by atoms with Crippen molar-refractivity contribution >= 4 is 25.8 Å². The van der Waals surface area contributed by atoms with Gasteiger partial charge in [0, 0.05) is 10.5 Å². The smallest absolute Gasteiger partial charge is 0.150 e. The average molecular weight is 378 g/mol. The lowest BCUT2D eigenvalue weighted by Crippen LogP contribution is -2.33. The van der Waals surface area contributed by atoms with E-state index in [0.29, 0.717) is 17.7 Å². The first kappa shape index (κ1) is 16.9. The molecule has 1 N–H and O–H groups in total. The predicted octanol–water partition coefficient (Wildman–Crippen LogP) is 2.93. The molecule has 2 rings (SSSR count). The summed E-state index contributed by atoms with van der Waals surface area (Å²) in [6.07, 6.45) is 2.08. The van der Waals surface area contributed by atoms with Crippen molar-refractivity contribution in [3.8, 4) is 0 Å². The number of halogens is 2. The van der Waals surface area contributed by atoms with Gasteiger partial charge in [-0.1, -0.05) is 22.9 Å². The van der Waals surface area contributed by atoms with Crippen molar-refractivity contribution in [3.05, 3.63) is 34.1 Å². The van der Waals surface area contributed by atoms with Crippen LogP contribution in [0.5, 0.6) is 0 Å². The van der Waals surface area contributed by atoms with Crippen molar-refractivity contribution in [2.75, 3.05) is 18.1 Å². The van der Waals surface area contributed by atoms with Crippen molar-refractivity contribution in [1.29, 1.82) is 0 Å². The zero-order chi connectivity index (χ0) is 15.5. The van der Waals surface area contributed by atoms with Crippen LogP contribution in [0.1, 0.15) is 25.3 Å². The SMILES string of the molecule is CCNC(Cc1cc(Br)ccc1F)CC1CCS(=O)(=O)C1. The third-order valence-corrected chi connectivity index (χ3v) is 6.24. The van der Waals surface area contributed by atoms with Crippen molar-refractivity contribution < 1.29 is 12.8 Å². The maximum atomic E-state index is 13.9. The summed E-state index contributed by atoms with van der Waals surface area (Å²) in [6, 6.07) is 5.05. The Hall–Kier alpha value is -0.460. The summed E-state index contributed by atoms with van der Waals surface area (Å²) in [5.74, 6) is 0.548. The van der Waals surface area contributed by atoms with Crippen LogP contribution in [0.4, 0.5) is 4.39 Å². The Morgan fingerprint density at radius 2 is 2.24 bits per heavy atom. The molecule has 2 atom stereocenters. The maximum absolute atomic E-state index is 13.9. The Morgan fingerprint density at radius 3 is 2.86 bits per heavy atom. The highest BCUT2D eigenvalue weighted by Crippen LogP contribution is 2.25. The summed E-state index contributed by atoms with van der Waals surface area (Å²) in [5, 5.41) is 3.36. The monoisotopic (exact) mass is 377 g/mol. The summed E-state index contributed by atoms with van der Waals surface area (Å²) in [7, 11) is -2.85. The Balaban J connectivity index is 2.03. The summed E-state index contributed by atoms with van der Waals surface area (Å²) >= 11 is 3.36. The molecule has 1 saturated heterocycles. The van der Waals surface area contributed by atoms with E-state index in [-0.39, 0.29) is 23.5 Å². The molecule has 0 bridgehead atoms. The highest BCUT2D eigenvalue weighted by atomic mass is 79.9. The van der Waals surface area contributed by atoms with E-state index in [0.717, 1.165) is 23.9 Å². The van der Waals surface area contributed by atoms with Crippen molar-refractivity contribution in [2.45, 2.75) is 32.2 Å². The van der Waals surface area contributed by atoms with E-state index in [2.05, 4.69) is 21.2 Å². The number of hydrogen-bond donors (Lipinski definition) is 1. The van der Waals surface area contributed by atoms with Gasteiger partial charge in [-0.2, -0.15) is 0 Å². The Bertz CT molecular complexity index is 591. The zero-order valence-corrected chi connectivity index (χ0v) is 14.5. The molecule has 0 amide bonds. The van der Waals surface area contributed by atoms with E-state index >= 15 is 0 Å². The Labute approximate surface area is 134 Å². The van der Waals surface area contributed by atoms with Crippen LogP contribution >= 0.6 is 15.9 Å². The van der Waals surface area contributed by atoms with Gasteiger partial charge in [-0.25, -0.2) is 12.8 Å². The van der Waals surface area contributed by atoms with Crippen LogP contribution in [0.2, 0.25) is 0 Å². The lowest BCUT2D eigenvalue weighted by molar-refractivity contribution is 0.405. The minimum absolute atomic E-state index is 0.108. The number of sulfone groups is 1. The topological polar surface area (TPSA) is 46.2 Å². The van der Waals surface area contributed by atoms with Gasteiger partial charge in [-0.05, 0) is 55.5 Å². The molecular weight excluding hydrogens is 357 g/mol. The molecular formula is C15H21BrFNO2S. The molecule has 2 unspecified atom stereocenters. The number of benzene rings is 1. The van der Waals surface area contributed by atoms with Crippen molar-refractivity contribution in [1.82, 2.24) is 5.32 Å². The van der Waals surface area contributed by atoms with Crippen molar-refractivity contribution in [2.24, 2.45) is 5.92 Å². The molecule has 0 spiro atoms. The summed E-state index contributed by atoms with van der Waals surface area (Å²) in [4.78, 5) is 0. The molecule has 3 nitrogen and oxygen atoms in total. The molecule has 0 aliphatic carbocycles. The number of rotatable bonds is 6. The van der Waals surface area contributed by atoms with Gasteiger partial charge in [0.2, 0.25) is 0 Å². The molecule has 0 saturated carbocycles. The third-order valence-electron chi connectivity index (χ3n) is 3.91. The average Bonchev–Trinajstić information content (AvgIpc) is 2.73. The molecule has 0 radical (unpaired) electrons. The number of nitrogens with one attached hydrogen (secondary N) is 1. The molecule has 1 aromatic rings. The van der Waals surface area contributed by atoms with Gasteiger partial charge in [0.15, 0.2) is 9.84 Å². The molecule has 0 aromatic heterocycles. The lowest BCUT2D eigenvalue weighted by atomic mass is 9.94. The van der Waals surface area contributed by atoms with Gasteiger partial charge in [0.1, 0.15) is 5.82 Å². The van der Waals surface area contributed by atoms with Crippen molar-refractivity contribution in [3.63, 3.8) is 0 Å². The fourth-order valence-corrected chi connectivity index (χ4v) is 5.24. The summed E-state index contributed by atoms with van der Waals surface area (Å²) < 4.78 is 37.8. The van der Waals surface area contributed by atoms with E-state index in [1.54, 1.807) is 12.1 Å². The first-order valence-corrected chi connectivity index (χ1v) is 9.89. The molecule has 1 aromatic carbocycles. The second-order valence-corrected chi connectivity index (χ2v) is 8.84. The molecule has 1 aliphatic rings. The van der Waals surface area contributed by atoms with E-state index in [1.165, 1.54) is 6.07 Å². The minimum Gasteiger partial charge on any atom is -0.314 e. The third kappa shape index (κ3) is 5.04. The highest BCUT2D eigenvalue weighted by Gasteiger charge is 2.29. The fraction of sp³-hybridized carbons (Fsp3) is 0.600. The van der Waals surface area contributed by atoms with Crippen LogP contribution in [0.15, 0.2) is 22.7 Å². The zero-order valence-electron chi connectivity index (χ0n) is 12.1. The van der Waals surface area contributed by atoms with Gasteiger partial charge in [0.25, 0.3) is 0 Å². The fourth-order valence-electron chi connectivity index (χ4n) is 2.95. The van der Waals surface area contributed by atoms with Crippen LogP contribution in [-0.2, 0) is 16.3 Å². The van der Waals surface area contributed by atoms with Crippen LogP contribution in [-0.4, -0.2) is 32.5 Å². The largest absolute Gasteiger partial charge is 0.314 e. The minimum atomic E-state index is -2.85. The van der Waals surface area contributed by atoms with Crippen LogP contribution in [0.25, 0.3) is 0 Å². The van der Waals surface area contributed by atoms with Crippen LogP contribution in [0, 0.1) is 11.7 Å². The predicted molar refractivity (Wildman–Crippen MR) is 86.6 cm³/mol. The van der Waals surface area contributed by atoms with Gasteiger partial charge >= 0.3 is 0 Å². The van der Waals surface area contributed by atoms with E-state index < -0.39 is 9.84 Å². The number of likely N-dealkylation sites (N-methyl/N-ethyl adjacent to an activating group) is 1.